The summed E-state index contributed by atoms with van der Waals surface area (Å²) in [5, 5.41) is 12.7. The van der Waals surface area contributed by atoms with E-state index in [1.807, 2.05) is 13.0 Å². The number of esters is 1. The molecule has 0 fully saturated rings. The van der Waals surface area contributed by atoms with Gasteiger partial charge in [-0.2, -0.15) is 0 Å². The van der Waals surface area contributed by atoms with Crippen LogP contribution in [-0.4, -0.2) is 23.5 Å². The first-order valence-corrected chi connectivity index (χ1v) is 7.45. The molecule has 1 atom stereocenters. The van der Waals surface area contributed by atoms with Crippen molar-refractivity contribution in [2.45, 2.75) is 39.7 Å². The standard InChI is InChI=1S/C17H23NO4/c1-4-8-16(20)14(17(21)22-5-2)11-18-15-10-7-6-9-13(15)12(3)19/h6-7,9-12,18-19H,4-5,8H2,1-3H3. The minimum Gasteiger partial charge on any atom is -0.462 e. The van der Waals surface area contributed by atoms with Crippen molar-refractivity contribution in [3.05, 3.63) is 41.6 Å². The largest absolute Gasteiger partial charge is 0.462 e. The van der Waals surface area contributed by atoms with Gasteiger partial charge in [0.2, 0.25) is 0 Å². The Balaban J connectivity index is 3.03. The highest BCUT2D eigenvalue weighted by Crippen LogP contribution is 2.22. The first-order valence-electron chi connectivity index (χ1n) is 7.45. The van der Waals surface area contributed by atoms with Crippen molar-refractivity contribution in [2.75, 3.05) is 11.9 Å². The molecule has 120 valence electrons. The first kappa shape index (κ1) is 17.9. The molecule has 1 aromatic carbocycles. The number of rotatable bonds is 8. The average Bonchev–Trinajstić information content (AvgIpc) is 2.48. The molecule has 0 aromatic heterocycles. The highest BCUT2D eigenvalue weighted by molar-refractivity contribution is 6.17. The number of anilines is 1. The molecule has 5 nitrogen and oxygen atoms in total. The van der Waals surface area contributed by atoms with Gasteiger partial charge < -0.3 is 15.2 Å². The number of ketones is 1. The second kappa shape index (κ2) is 9.00. The van der Waals surface area contributed by atoms with Gasteiger partial charge in [0.05, 0.1) is 12.7 Å². The fourth-order valence-electron chi connectivity index (χ4n) is 1.97. The second-order valence-corrected chi connectivity index (χ2v) is 4.86. The second-order valence-electron chi connectivity index (χ2n) is 4.86. The summed E-state index contributed by atoms with van der Waals surface area (Å²) < 4.78 is 4.92. The number of benzene rings is 1. The van der Waals surface area contributed by atoms with Crippen LogP contribution in [0.25, 0.3) is 0 Å². The minimum absolute atomic E-state index is 0.0101. The summed E-state index contributed by atoms with van der Waals surface area (Å²) in [4.78, 5) is 23.9. The van der Waals surface area contributed by atoms with Crippen LogP contribution in [0, 0.1) is 0 Å². The number of para-hydroxylation sites is 1. The van der Waals surface area contributed by atoms with E-state index in [1.165, 1.54) is 6.20 Å². The van der Waals surface area contributed by atoms with Crippen molar-refractivity contribution >= 4 is 17.4 Å². The van der Waals surface area contributed by atoms with Crippen molar-refractivity contribution in [1.82, 2.24) is 0 Å². The van der Waals surface area contributed by atoms with Gasteiger partial charge in [-0.25, -0.2) is 4.79 Å². The number of Topliss-reactive ketones (excluding diaryl/α,β-unsaturated/α-hetero) is 1. The molecule has 1 aromatic rings. The van der Waals surface area contributed by atoms with Crippen LogP contribution in [0.4, 0.5) is 5.69 Å². The van der Waals surface area contributed by atoms with E-state index in [9.17, 15) is 14.7 Å². The Morgan fingerprint density at radius 2 is 2.00 bits per heavy atom. The third-order valence-electron chi connectivity index (χ3n) is 3.06. The van der Waals surface area contributed by atoms with Crippen LogP contribution in [0.2, 0.25) is 0 Å². The molecule has 0 aliphatic heterocycles. The molecule has 1 unspecified atom stereocenters. The molecule has 0 spiro atoms. The monoisotopic (exact) mass is 305 g/mol. The molecule has 1 rings (SSSR count). The lowest BCUT2D eigenvalue weighted by Gasteiger charge is -2.12. The van der Waals surface area contributed by atoms with Crippen LogP contribution in [0.1, 0.15) is 45.3 Å². The van der Waals surface area contributed by atoms with Crippen LogP contribution in [0.15, 0.2) is 36.0 Å². The molecule has 0 heterocycles. The van der Waals surface area contributed by atoms with E-state index >= 15 is 0 Å². The maximum atomic E-state index is 12.0. The van der Waals surface area contributed by atoms with Crippen molar-refractivity contribution in [3.8, 4) is 0 Å². The number of carbonyl (C=O) groups excluding carboxylic acids is 2. The predicted molar refractivity (Wildman–Crippen MR) is 85.3 cm³/mol. The van der Waals surface area contributed by atoms with E-state index in [0.29, 0.717) is 17.7 Å². The third kappa shape index (κ3) is 5.00. The van der Waals surface area contributed by atoms with Gasteiger partial charge in [-0.3, -0.25) is 4.79 Å². The first-order chi connectivity index (χ1) is 10.5. The molecule has 0 saturated carbocycles. The van der Waals surface area contributed by atoms with Crippen molar-refractivity contribution in [2.24, 2.45) is 0 Å². The Morgan fingerprint density at radius 1 is 1.32 bits per heavy atom. The minimum atomic E-state index is -0.658. The van der Waals surface area contributed by atoms with Crippen molar-refractivity contribution in [3.63, 3.8) is 0 Å². The smallest absolute Gasteiger partial charge is 0.343 e. The Labute approximate surface area is 131 Å². The quantitative estimate of drug-likeness (QED) is 0.334. The zero-order valence-corrected chi connectivity index (χ0v) is 13.3. The number of hydrogen-bond donors (Lipinski definition) is 2. The van der Waals surface area contributed by atoms with Crippen LogP contribution in [0.3, 0.4) is 0 Å². The van der Waals surface area contributed by atoms with Crippen LogP contribution in [-0.2, 0) is 14.3 Å². The lowest BCUT2D eigenvalue weighted by Crippen LogP contribution is -2.17. The summed E-state index contributed by atoms with van der Waals surface area (Å²) >= 11 is 0. The van der Waals surface area contributed by atoms with Gasteiger partial charge in [0.25, 0.3) is 0 Å². The Morgan fingerprint density at radius 3 is 2.59 bits per heavy atom. The summed E-state index contributed by atoms with van der Waals surface area (Å²) in [6.07, 6.45) is 1.64. The van der Waals surface area contributed by atoms with Crippen molar-refractivity contribution in [1.29, 1.82) is 0 Å². The van der Waals surface area contributed by atoms with E-state index in [-0.39, 0.29) is 24.4 Å². The predicted octanol–water partition coefficient (Wildman–Crippen LogP) is 2.97. The Kier molecular flexibility index (Phi) is 7.32. The number of aliphatic hydroxyl groups excluding tert-OH is 1. The van der Waals surface area contributed by atoms with E-state index in [4.69, 9.17) is 4.74 Å². The fourth-order valence-corrected chi connectivity index (χ4v) is 1.97. The van der Waals surface area contributed by atoms with Gasteiger partial charge in [0, 0.05) is 23.9 Å². The highest BCUT2D eigenvalue weighted by Gasteiger charge is 2.19. The summed E-state index contributed by atoms with van der Waals surface area (Å²) in [7, 11) is 0. The molecule has 0 amide bonds. The van der Waals surface area contributed by atoms with Gasteiger partial charge in [0.15, 0.2) is 5.78 Å². The van der Waals surface area contributed by atoms with Gasteiger partial charge in [0.1, 0.15) is 5.57 Å². The lowest BCUT2D eigenvalue weighted by molar-refractivity contribution is -0.140. The zero-order chi connectivity index (χ0) is 16.5. The molecule has 5 heteroatoms. The normalized spacial score (nSPS) is 12.6. The molecular formula is C17H23NO4. The molecule has 0 radical (unpaired) electrons. The fraction of sp³-hybridized carbons (Fsp3) is 0.412. The van der Waals surface area contributed by atoms with E-state index in [0.717, 1.165) is 0 Å². The van der Waals surface area contributed by atoms with E-state index in [1.54, 1.807) is 32.0 Å². The topological polar surface area (TPSA) is 75.6 Å². The SMILES string of the molecule is CCCC(=O)C(=CNc1ccccc1C(C)O)C(=O)OCC. The Bertz CT molecular complexity index is 529. The molecule has 22 heavy (non-hydrogen) atoms. The number of nitrogens with one attached hydrogen (secondary N) is 1. The van der Waals surface area contributed by atoms with E-state index < -0.39 is 12.1 Å². The third-order valence-corrected chi connectivity index (χ3v) is 3.06. The maximum Gasteiger partial charge on any atom is 0.343 e. The number of hydrogen-bond acceptors (Lipinski definition) is 5. The summed E-state index contributed by atoms with van der Waals surface area (Å²) in [5.74, 6) is -0.897. The van der Waals surface area contributed by atoms with Crippen LogP contribution < -0.4 is 5.32 Å². The molecule has 2 N–H and O–H groups in total. The average molecular weight is 305 g/mol. The summed E-state index contributed by atoms with van der Waals surface area (Å²) in [5.41, 5.74) is 1.32. The maximum absolute atomic E-state index is 12.0. The number of carbonyl (C=O) groups is 2. The summed E-state index contributed by atoms with van der Waals surface area (Å²) in [6.45, 7) is 5.42. The number of aliphatic hydroxyl groups is 1. The van der Waals surface area contributed by atoms with Gasteiger partial charge >= 0.3 is 5.97 Å². The van der Waals surface area contributed by atoms with Crippen LogP contribution >= 0.6 is 0 Å². The molecule has 0 saturated heterocycles. The van der Waals surface area contributed by atoms with E-state index in [2.05, 4.69) is 5.32 Å². The highest BCUT2D eigenvalue weighted by atomic mass is 16.5. The Hall–Kier alpha value is -2.14. The van der Waals surface area contributed by atoms with Gasteiger partial charge in [-0.15, -0.1) is 0 Å². The molecular weight excluding hydrogens is 282 g/mol. The number of ether oxygens (including phenoxy) is 1. The molecule has 0 aliphatic rings. The summed E-state index contributed by atoms with van der Waals surface area (Å²) in [6, 6.07) is 7.16. The van der Waals surface area contributed by atoms with Crippen molar-refractivity contribution < 1.29 is 19.4 Å². The van der Waals surface area contributed by atoms with Gasteiger partial charge in [-0.1, -0.05) is 25.1 Å². The van der Waals surface area contributed by atoms with Crippen LogP contribution in [0.5, 0.6) is 0 Å². The molecule has 0 bridgehead atoms. The zero-order valence-electron chi connectivity index (χ0n) is 13.3. The molecule has 0 aliphatic carbocycles. The van der Waals surface area contributed by atoms with Gasteiger partial charge in [-0.05, 0) is 26.3 Å². The lowest BCUT2D eigenvalue weighted by atomic mass is 10.1.